The van der Waals surface area contributed by atoms with Crippen molar-refractivity contribution in [2.75, 3.05) is 11.9 Å². The van der Waals surface area contributed by atoms with Gasteiger partial charge in [0.25, 0.3) is 5.91 Å². The third-order valence-corrected chi connectivity index (χ3v) is 5.71. The molecule has 0 radical (unpaired) electrons. The van der Waals surface area contributed by atoms with Crippen molar-refractivity contribution < 1.29 is 14.4 Å². The molecule has 0 spiro atoms. The van der Waals surface area contributed by atoms with E-state index >= 15 is 0 Å². The van der Waals surface area contributed by atoms with Gasteiger partial charge in [-0.15, -0.1) is 11.3 Å². The zero-order chi connectivity index (χ0) is 17.8. The Kier molecular flexibility index (Phi) is 3.54. The minimum atomic E-state index is -0.865. The molecular weight excluding hydrogens is 340 g/mol. The van der Waals surface area contributed by atoms with Crippen molar-refractivity contribution in [1.29, 1.82) is 0 Å². The summed E-state index contributed by atoms with van der Waals surface area (Å²) >= 11 is 1.55. The van der Waals surface area contributed by atoms with E-state index in [-0.39, 0.29) is 18.4 Å². The number of nitrogens with zero attached hydrogens (tertiary/aromatic N) is 2. The molecule has 1 aromatic carbocycles. The Morgan fingerprint density at radius 3 is 2.92 bits per heavy atom. The minimum absolute atomic E-state index is 0.175. The van der Waals surface area contributed by atoms with E-state index in [2.05, 4.69) is 15.6 Å². The summed E-state index contributed by atoms with van der Waals surface area (Å²) in [4.78, 5) is 42.3. The van der Waals surface area contributed by atoms with E-state index in [0.29, 0.717) is 5.69 Å². The zero-order valence-corrected chi connectivity index (χ0v) is 14.8. The number of urea groups is 1. The molecule has 2 N–H and O–H groups in total. The smallest absolute Gasteiger partial charge is 0.324 e. The average Bonchev–Trinajstić information content (AvgIpc) is 3.30. The summed E-state index contributed by atoms with van der Waals surface area (Å²) < 4.78 is 0.978. The van der Waals surface area contributed by atoms with Gasteiger partial charge in [0, 0.05) is 5.69 Å². The van der Waals surface area contributed by atoms with E-state index in [4.69, 9.17) is 0 Å². The maximum Gasteiger partial charge on any atom is 0.325 e. The summed E-state index contributed by atoms with van der Waals surface area (Å²) in [5.74, 6) is -0.540. The molecule has 4 amide bonds. The third kappa shape index (κ3) is 2.76. The van der Waals surface area contributed by atoms with E-state index in [9.17, 15) is 14.4 Å². The molecule has 25 heavy (non-hydrogen) atoms. The normalized spacial score (nSPS) is 23.2. The Morgan fingerprint density at radius 1 is 1.44 bits per heavy atom. The van der Waals surface area contributed by atoms with Crippen LogP contribution in [0.5, 0.6) is 0 Å². The predicted octanol–water partition coefficient (Wildman–Crippen LogP) is 2.26. The second kappa shape index (κ2) is 5.52. The molecule has 1 aliphatic heterocycles. The van der Waals surface area contributed by atoms with Gasteiger partial charge in [-0.05, 0) is 50.8 Å². The summed E-state index contributed by atoms with van der Waals surface area (Å²) in [5.41, 5.74) is 0.643. The van der Waals surface area contributed by atoms with Crippen LogP contribution in [0.4, 0.5) is 10.5 Å². The quantitative estimate of drug-likeness (QED) is 0.820. The summed E-state index contributed by atoms with van der Waals surface area (Å²) in [6.45, 7) is 3.38. The maximum atomic E-state index is 12.5. The third-order valence-electron chi connectivity index (χ3n) is 4.78. The SMILES string of the molecule is Cc1nc2ccc(NC(=O)CN3C(=O)NC(C)(C4CC4)C3=O)cc2s1. The number of anilines is 1. The largest absolute Gasteiger partial charge is 0.325 e. The number of carbonyl (C=O) groups is 3. The number of carbonyl (C=O) groups excluding carboxylic acids is 3. The predicted molar refractivity (Wildman–Crippen MR) is 94.4 cm³/mol. The first-order valence-corrected chi connectivity index (χ1v) is 8.99. The summed E-state index contributed by atoms with van der Waals surface area (Å²) in [7, 11) is 0. The highest BCUT2D eigenvalue weighted by molar-refractivity contribution is 7.18. The monoisotopic (exact) mass is 358 g/mol. The number of fused-ring (bicyclic) bond motifs is 1. The topological polar surface area (TPSA) is 91.4 Å². The first-order chi connectivity index (χ1) is 11.9. The summed E-state index contributed by atoms with van der Waals surface area (Å²) in [5, 5.41) is 6.44. The van der Waals surface area contributed by atoms with Crippen LogP contribution in [0, 0.1) is 12.8 Å². The Balaban J connectivity index is 1.46. The average molecular weight is 358 g/mol. The highest BCUT2D eigenvalue weighted by Crippen LogP contribution is 2.42. The van der Waals surface area contributed by atoms with Gasteiger partial charge in [-0.3, -0.25) is 14.5 Å². The van der Waals surface area contributed by atoms with Gasteiger partial charge in [0.05, 0.1) is 15.2 Å². The lowest BCUT2D eigenvalue weighted by Crippen LogP contribution is -2.46. The van der Waals surface area contributed by atoms with Crippen LogP contribution in [0.25, 0.3) is 10.2 Å². The Bertz CT molecular complexity index is 904. The standard InChI is InChI=1S/C17H18N4O3S/c1-9-18-12-6-5-11(7-13(12)25-9)19-14(22)8-21-15(23)17(2,10-3-4-10)20-16(21)24/h5-7,10H,3-4,8H2,1-2H3,(H,19,22)(H,20,24). The van der Waals surface area contributed by atoms with Gasteiger partial charge >= 0.3 is 6.03 Å². The lowest BCUT2D eigenvalue weighted by Gasteiger charge is -2.20. The molecule has 1 aromatic heterocycles. The number of nitrogens with one attached hydrogen (secondary N) is 2. The molecule has 4 rings (SSSR count). The number of amides is 4. The van der Waals surface area contributed by atoms with Crippen molar-refractivity contribution in [2.24, 2.45) is 5.92 Å². The van der Waals surface area contributed by atoms with Crippen molar-refractivity contribution in [3.63, 3.8) is 0 Å². The highest BCUT2D eigenvalue weighted by atomic mass is 32.1. The molecule has 2 heterocycles. The molecular formula is C17H18N4O3S. The number of hydrogen-bond acceptors (Lipinski definition) is 5. The van der Waals surface area contributed by atoms with Gasteiger partial charge in [0.15, 0.2) is 0 Å². The molecule has 7 nitrogen and oxygen atoms in total. The number of aromatic nitrogens is 1. The number of rotatable bonds is 4. The zero-order valence-electron chi connectivity index (χ0n) is 14.0. The second-order valence-electron chi connectivity index (χ2n) is 6.76. The van der Waals surface area contributed by atoms with Gasteiger partial charge in [-0.1, -0.05) is 0 Å². The Hall–Kier alpha value is -2.48. The lowest BCUT2D eigenvalue weighted by molar-refractivity contribution is -0.134. The number of benzene rings is 1. The van der Waals surface area contributed by atoms with Gasteiger partial charge in [0.2, 0.25) is 5.91 Å². The maximum absolute atomic E-state index is 12.5. The van der Waals surface area contributed by atoms with Crippen LogP contribution in [0.1, 0.15) is 24.8 Å². The second-order valence-corrected chi connectivity index (χ2v) is 8.00. The number of aryl methyl sites for hydroxylation is 1. The molecule has 1 saturated carbocycles. The van der Waals surface area contributed by atoms with Gasteiger partial charge in [-0.25, -0.2) is 9.78 Å². The fourth-order valence-corrected chi connectivity index (χ4v) is 4.12. The molecule has 0 bridgehead atoms. The minimum Gasteiger partial charge on any atom is -0.324 e. The van der Waals surface area contributed by atoms with E-state index in [0.717, 1.165) is 33.0 Å². The molecule has 2 aromatic rings. The first-order valence-electron chi connectivity index (χ1n) is 8.18. The van der Waals surface area contributed by atoms with Crippen LogP contribution in [0.15, 0.2) is 18.2 Å². The highest BCUT2D eigenvalue weighted by Gasteiger charge is 2.56. The van der Waals surface area contributed by atoms with Gasteiger partial charge < -0.3 is 10.6 Å². The van der Waals surface area contributed by atoms with Crippen LogP contribution < -0.4 is 10.6 Å². The van der Waals surface area contributed by atoms with Crippen molar-refractivity contribution in [3.05, 3.63) is 23.2 Å². The fourth-order valence-electron chi connectivity index (χ4n) is 3.26. The van der Waals surface area contributed by atoms with Crippen LogP contribution >= 0.6 is 11.3 Å². The molecule has 1 atom stereocenters. The molecule has 1 aliphatic carbocycles. The Labute approximate surface area is 148 Å². The number of thiazole rings is 1. The Morgan fingerprint density at radius 2 is 2.20 bits per heavy atom. The van der Waals surface area contributed by atoms with Crippen LogP contribution in [-0.4, -0.2) is 39.8 Å². The van der Waals surface area contributed by atoms with Crippen molar-refractivity contribution in [1.82, 2.24) is 15.2 Å². The van der Waals surface area contributed by atoms with E-state index in [1.165, 1.54) is 0 Å². The molecule has 1 unspecified atom stereocenters. The summed E-state index contributed by atoms with van der Waals surface area (Å²) in [6, 6.07) is 4.95. The lowest BCUT2D eigenvalue weighted by atomic mass is 9.96. The number of imide groups is 1. The molecule has 1 saturated heterocycles. The van der Waals surface area contributed by atoms with Crippen molar-refractivity contribution in [3.8, 4) is 0 Å². The summed E-state index contributed by atoms with van der Waals surface area (Å²) in [6.07, 6.45) is 1.85. The van der Waals surface area contributed by atoms with E-state index < -0.39 is 17.5 Å². The molecule has 2 aliphatic rings. The first kappa shape index (κ1) is 16.0. The molecule has 8 heteroatoms. The van der Waals surface area contributed by atoms with Gasteiger partial charge in [0.1, 0.15) is 12.1 Å². The molecule has 2 fully saturated rings. The van der Waals surface area contributed by atoms with Crippen molar-refractivity contribution in [2.45, 2.75) is 32.2 Å². The fraction of sp³-hybridized carbons (Fsp3) is 0.412. The van der Waals surface area contributed by atoms with Gasteiger partial charge in [-0.2, -0.15) is 0 Å². The van der Waals surface area contributed by atoms with Crippen LogP contribution in [0.3, 0.4) is 0 Å². The number of hydrogen-bond donors (Lipinski definition) is 2. The molecule has 130 valence electrons. The van der Waals surface area contributed by atoms with Crippen molar-refractivity contribution >= 4 is 45.1 Å². The van der Waals surface area contributed by atoms with E-state index in [1.807, 2.05) is 19.1 Å². The van der Waals surface area contributed by atoms with Crippen LogP contribution in [0.2, 0.25) is 0 Å². The van der Waals surface area contributed by atoms with Crippen LogP contribution in [-0.2, 0) is 9.59 Å². The van der Waals surface area contributed by atoms with E-state index in [1.54, 1.807) is 24.3 Å².